The van der Waals surface area contributed by atoms with Crippen LogP contribution in [0.5, 0.6) is 0 Å². The van der Waals surface area contributed by atoms with Gasteiger partial charge in [0.25, 0.3) is 11.5 Å². The Balaban J connectivity index is 1.61. The molecule has 1 fully saturated rings. The maximum atomic E-state index is 14.3. The summed E-state index contributed by atoms with van der Waals surface area (Å²) in [6.07, 6.45) is 3.13. The third-order valence-corrected chi connectivity index (χ3v) is 6.39. The Bertz CT molecular complexity index is 1440. The van der Waals surface area contributed by atoms with Crippen LogP contribution in [-0.2, 0) is 6.54 Å². The maximum absolute atomic E-state index is 14.3. The first-order chi connectivity index (χ1) is 17.6. The van der Waals surface area contributed by atoms with E-state index >= 15 is 0 Å². The minimum Gasteiger partial charge on any atom is -0.394 e. The lowest BCUT2D eigenvalue weighted by molar-refractivity contribution is -0.0919. The molecule has 1 amide bonds. The Hall–Kier alpha value is -4.02. The van der Waals surface area contributed by atoms with Crippen LogP contribution in [0.2, 0.25) is 0 Å². The number of nitrogens with zero attached hydrogens (tertiary/aromatic N) is 2. The van der Waals surface area contributed by atoms with Gasteiger partial charge in [0.1, 0.15) is 11.5 Å². The number of rotatable bonds is 6. The Morgan fingerprint density at radius 2 is 1.92 bits per heavy atom. The molecule has 1 aliphatic carbocycles. The van der Waals surface area contributed by atoms with E-state index in [-0.39, 0.29) is 35.1 Å². The van der Waals surface area contributed by atoms with Gasteiger partial charge in [0.15, 0.2) is 0 Å². The highest BCUT2D eigenvalue weighted by Crippen LogP contribution is 2.28. The van der Waals surface area contributed by atoms with Gasteiger partial charge in [-0.3, -0.25) is 14.6 Å². The molecule has 0 aliphatic heterocycles. The predicted molar refractivity (Wildman–Crippen MR) is 132 cm³/mol. The van der Waals surface area contributed by atoms with Crippen molar-refractivity contribution in [1.29, 1.82) is 5.41 Å². The van der Waals surface area contributed by atoms with Crippen molar-refractivity contribution >= 4 is 28.5 Å². The molecule has 37 heavy (non-hydrogen) atoms. The predicted octanol–water partition coefficient (Wildman–Crippen LogP) is 4.53. The van der Waals surface area contributed by atoms with Gasteiger partial charge in [0, 0.05) is 35.8 Å². The standard InChI is InChI=1S/C26H25F4N5O2/c27-18-9-15(8-17(10-18)24(36)34-19-4-2-1-3-5-19)14-35-7-6-16-11-22(33-13-21(16)25(35)37)20(12-31)23(32)26(28,29)30/h6-13,19,31H,1-5,14,32H2,(H,34,36)/b23-20+,31-12?. The van der Waals surface area contributed by atoms with Crippen molar-refractivity contribution in [3.63, 3.8) is 0 Å². The molecule has 4 N–H and O–H groups in total. The molecular formula is C26H25F4N5O2. The number of carbonyl (C=O) groups is 1. The average Bonchev–Trinajstić information content (AvgIpc) is 2.86. The number of halogens is 4. The molecule has 11 heteroatoms. The van der Waals surface area contributed by atoms with Gasteiger partial charge < -0.3 is 21.0 Å². The van der Waals surface area contributed by atoms with Gasteiger partial charge in [-0.15, -0.1) is 0 Å². The first-order valence-electron chi connectivity index (χ1n) is 11.7. The van der Waals surface area contributed by atoms with Crippen molar-refractivity contribution in [2.24, 2.45) is 5.73 Å². The van der Waals surface area contributed by atoms with E-state index in [0.29, 0.717) is 17.2 Å². The van der Waals surface area contributed by atoms with Crippen molar-refractivity contribution in [1.82, 2.24) is 14.9 Å². The topological polar surface area (TPSA) is 114 Å². The summed E-state index contributed by atoms with van der Waals surface area (Å²) in [6.45, 7) is -0.0370. The summed E-state index contributed by atoms with van der Waals surface area (Å²) >= 11 is 0. The molecule has 7 nitrogen and oxygen atoms in total. The van der Waals surface area contributed by atoms with Crippen LogP contribution in [-0.4, -0.2) is 33.9 Å². The van der Waals surface area contributed by atoms with Crippen molar-refractivity contribution in [3.8, 4) is 0 Å². The Kier molecular flexibility index (Phi) is 7.42. The lowest BCUT2D eigenvalue weighted by atomic mass is 9.95. The van der Waals surface area contributed by atoms with Crippen LogP contribution >= 0.6 is 0 Å². The molecule has 0 bridgehead atoms. The molecular weight excluding hydrogens is 490 g/mol. The number of benzene rings is 1. The van der Waals surface area contributed by atoms with E-state index in [0.717, 1.165) is 44.4 Å². The fraction of sp³-hybridized carbons (Fsp3) is 0.308. The SMILES string of the molecule is N=C/C(=C(\N)C(F)(F)F)c1cc2ccn(Cc3cc(F)cc(C(=O)NC4CCCCC4)c3)c(=O)c2cn1. The molecule has 2 aromatic heterocycles. The number of pyridine rings is 2. The van der Waals surface area contributed by atoms with E-state index in [1.54, 1.807) is 0 Å². The monoisotopic (exact) mass is 515 g/mol. The van der Waals surface area contributed by atoms with Gasteiger partial charge in [0.2, 0.25) is 0 Å². The van der Waals surface area contributed by atoms with E-state index in [4.69, 9.17) is 11.1 Å². The van der Waals surface area contributed by atoms with Crippen molar-refractivity contribution in [2.75, 3.05) is 0 Å². The molecule has 0 radical (unpaired) electrons. The van der Waals surface area contributed by atoms with Crippen LogP contribution in [0.25, 0.3) is 16.3 Å². The number of alkyl halides is 3. The van der Waals surface area contributed by atoms with Crippen LogP contribution in [0.15, 0.2) is 53.2 Å². The van der Waals surface area contributed by atoms with Gasteiger partial charge in [-0.05, 0) is 54.1 Å². The molecule has 1 aliphatic rings. The smallest absolute Gasteiger partial charge is 0.394 e. The fourth-order valence-electron chi connectivity index (χ4n) is 4.48. The van der Waals surface area contributed by atoms with E-state index in [1.165, 1.54) is 35.0 Å². The van der Waals surface area contributed by atoms with E-state index in [9.17, 15) is 27.2 Å². The molecule has 3 aromatic rings. The minimum absolute atomic E-state index is 0.0370. The number of aromatic nitrogens is 2. The quantitative estimate of drug-likeness (QED) is 0.331. The minimum atomic E-state index is -4.84. The fourth-order valence-corrected chi connectivity index (χ4v) is 4.48. The number of carbonyl (C=O) groups excluding carboxylic acids is 1. The van der Waals surface area contributed by atoms with Gasteiger partial charge in [-0.25, -0.2) is 4.39 Å². The Labute approximate surface area is 209 Å². The highest BCUT2D eigenvalue weighted by atomic mass is 19.4. The number of nitrogens with two attached hydrogens (primary N) is 1. The van der Waals surface area contributed by atoms with Crippen molar-refractivity contribution in [2.45, 2.75) is 50.9 Å². The molecule has 0 unspecified atom stereocenters. The highest BCUT2D eigenvalue weighted by molar-refractivity contribution is 6.09. The lowest BCUT2D eigenvalue weighted by Crippen LogP contribution is -2.36. The van der Waals surface area contributed by atoms with Gasteiger partial charge in [-0.1, -0.05) is 19.3 Å². The number of allylic oxidation sites excluding steroid dienone is 2. The molecule has 0 atom stereocenters. The van der Waals surface area contributed by atoms with Crippen LogP contribution < -0.4 is 16.6 Å². The molecule has 194 valence electrons. The molecule has 0 spiro atoms. The van der Waals surface area contributed by atoms with Gasteiger partial charge >= 0.3 is 6.18 Å². The zero-order valence-corrected chi connectivity index (χ0v) is 19.7. The highest BCUT2D eigenvalue weighted by Gasteiger charge is 2.34. The first kappa shape index (κ1) is 26.1. The number of fused-ring (bicyclic) bond motifs is 1. The maximum Gasteiger partial charge on any atom is 0.431 e. The van der Waals surface area contributed by atoms with Gasteiger partial charge in [0.05, 0.1) is 17.6 Å². The number of hydrogen-bond donors (Lipinski definition) is 3. The summed E-state index contributed by atoms with van der Waals surface area (Å²) < 4.78 is 54.7. The number of hydrogen-bond acceptors (Lipinski definition) is 5. The molecule has 0 saturated heterocycles. The first-order valence-corrected chi connectivity index (χ1v) is 11.7. The Morgan fingerprint density at radius 1 is 1.19 bits per heavy atom. The second kappa shape index (κ2) is 10.5. The summed E-state index contributed by atoms with van der Waals surface area (Å²) in [4.78, 5) is 29.6. The second-order valence-corrected chi connectivity index (χ2v) is 9.03. The van der Waals surface area contributed by atoms with Crippen LogP contribution in [0.1, 0.15) is 53.7 Å². The van der Waals surface area contributed by atoms with Crippen LogP contribution in [0, 0.1) is 11.2 Å². The summed E-state index contributed by atoms with van der Waals surface area (Å²) in [6, 6.07) is 6.72. The zero-order chi connectivity index (χ0) is 26.7. The van der Waals surface area contributed by atoms with Gasteiger partial charge in [-0.2, -0.15) is 13.2 Å². The third-order valence-electron chi connectivity index (χ3n) is 6.39. The van der Waals surface area contributed by atoms with E-state index < -0.39 is 28.8 Å². The molecule has 1 aromatic carbocycles. The molecule has 4 rings (SSSR count). The van der Waals surface area contributed by atoms with E-state index in [1.807, 2.05) is 0 Å². The lowest BCUT2D eigenvalue weighted by Gasteiger charge is -2.22. The summed E-state index contributed by atoms with van der Waals surface area (Å²) in [5.74, 6) is -0.983. The normalized spacial score (nSPS) is 15.4. The third kappa shape index (κ3) is 5.87. The van der Waals surface area contributed by atoms with Crippen LogP contribution in [0.3, 0.4) is 0 Å². The summed E-state index contributed by atoms with van der Waals surface area (Å²) in [7, 11) is 0. The second-order valence-electron chi connectivity index (χ2n) is 9.03. The average molecular weight is 516 g/mol. The Morgan fingerprint density at radius 3 is 2.59 bits per heavy atom. The van der Waals surface area contributed by atoms with Crippen molar-refractivity contribution < 1.29 is 22.4 Å². The van der Waals surface area contributed by atoms with Crippen LogP contribution in [0.4, 0.5) is 17.6 Å². The largest absolute Gasteiger partial charge is 0.431 e. The number of nitrogens with one attached hydrogen (secondary N) is 2. The number of amides is 1. The van der Waals surface area contributed by atoms with E-state index in [2.05, 4.69) is 10.3 Å². The zero-order valence-electron chi connectivity index (χ0n) is 19.7. The van der Waals surface area contributed by atoms with Crippen molar-refractivity contribution in [3.05, 3.63) is 81.4 Å². The summed E-state index contributed by atoms with van der Waals surface area (Å²) in [5.41, 5.74) is 2.94. The molecule has 1 saturated carbocycles. The molecule has 2 heterocycles. The summed E-state index contributed by atoms with van der Waals surface area (Å²) in [5, 5.41) is 10.7.